The first-order chi connectivity index (χ1) is 36.5. The minimum absolute atomic E-state index is 0.0723. The highest BCUT2D eigenvalue weighted by atomic mass is 16.6. The van der Waals surface area contributed by atoms with Gasteiger partial charge in [-0.25, -0.2) is 0 Å². The number of ether oxygens (including phenoxy) is 3. The third-order valence-electron chi connectivity index (χ3n) is 14.6. The maximum atomic E-state index is 12.8. The highest BCUT2D eigenvalue weighted by Crippen LogP contribution is 2.17. The SMILES string of the molecule is CCCCCC/C=C\C/C=C\CCCCCCCCCC(=O)OC(COC(=O)CCCCCCCCC)COC(=O)CCCCCCCCCCCCCCCCCCCCC/C=C\C/C=C\CCCCCCC. The Morgan fingerprint density at radius 3 is 0.757 bits per heavy atom. The van der Waals surface area contributed by atoms with Crippen LogP contribution in [0.3, 0.4) is 0 Å². The van der Waals surface area contributed by atoms with Crippen LogP contribution in [0.25, 0.3) is 0 Å². The quantitative estimate of drug-likeness (QED) is 0.0261. The van der Waals surface area contributed by atoms with E-state index in [1.54, 1.807) is 0 Å². The van der Waals surface area contributed by atoms with Crippen LogP contribution in [0.2, 0.25) is 0 Å². The minimum atomic E-state index is -0.773. The molecule has 0 radical (unpaired) electrons. The number of allylic oxidation sites excluding steroid dienone is 8. The van der Waals surface area contributed by atoms with Crippen molar-refractivity contribution >= 4 is 17.9 Å². The zero-order valence-electron chi connectivity index (χ0n) is 49.6. The molecule has 0 aromatic heterocycles. The first-order valence-corrected chi connectivity index (χ1v) is 32.6. The van der Waals surface area contributed by atoms with E-state index in [4.69, 9.17) is 14.2 Å². The Hall–Kier alpha value is -2.63. The molecule has 6 heteroatoms. The van der Waals surface area contributed by atoms with E-state index in [1.165, 1.54) is 231 Å². The van der Waals surface area contributed by atoms with Gasteiger partial charge >= 0.3 is 17.9 Å². The summed E-state index contributed by atoms with van der Waals surface area (Å²) in [6.45, 7) is 6.61. The number of carbonyl (C=O) groups excluding carboxylic acids is 3. The summed E-state index contributed by atoms with van der Waals surface area (Å²) in [6, 6.07) is 0. The predicted molar refractivity (Wildman–Crippen MR) is 321 cm³/mol. The molecule has 0 fully saturated rings. The highest BCUT2D eigenvalue weighted by Gasteiger charge is 2.19. The molecule has 0 aliphatic carbocycles. The minimum Gasteiger partial charge on any atom is -0.462 e. The molecule has 432 valence electrons. The number of carbonyl (C=O) groups is 3. The number of esters is 3. The van der Waals surface area contributed by atoms with Gasteiger partial charge in [0.25, 0.3) is 0 Å². The molecular formula is C68H124O6. The van der Waals surface area contributed by atoms with Gasteiger partial charge in [0.2, 0.25) is 0 Å². The Morgan fingerprint density at radius 1 is 0.270 bits per heavy atom. The fourth-order valence-corrected chi connectivity index (χ4v) is 9.62. The smallest absolute Gasteiger partial charge is 0.306 e. The van der Waals surface area contributed by atoms with Crippen LogP contribution in [0, 0.1) is 0 Å². The normalized spacial score (nSPS) is 12.3. The maximum Gasteiger partial charge on any atom is 0.306 e. The first-order valence-electron chi connectivity index (χ1n) is 32.6. The standard InChI is InChI=1S/C68H124O6/c1-4-7-10-13-16-18-20-22-24-26-28-29-30-31-32-33-34-35-36-37-38-39-40-42-43-45-47-49-52-55-58-61-67(70)73-64-65(63-72-66(69)60-57-54-51-15-12-9-6-3)74-68(71)62-59-56-53-50-48-46-44-41-27-25-23-21-19-17-14-11-8-5-2/h19-22,25-28,65H,4-18,23-24,29-64H2,1-3H3/b21-19-,22-20-,27-25-,28-26-. The van der Waals surface area contributed by atoms with Crippen molar-refractivity contribution in [2.24, 2.45) is 0 Å². The summed E-state index contributed by atoms with van der Waals surface area (Å²) in [7, 11) is 0. The van der Waals surface area contributed by atoms with Crippen LogP contribution < -0.4 is 0 Å². The maximum absolute atomic E-state index is 12.8. The Kier molecular flexibility index (Phi) is 60.7. The van der Waals surface area contributed by atoms with Gasteiger partial charge in [-0.1, -0.05) is 294 Å². The summed E-state index contributed by atoms with van der Waals surface area (Å²) in [5.41, 5.74) is 0. The monoisotopic (exact) mass is 1040 g/mol. The van der Waals surface area contributed by atoms with Crippen molar-refractivity contribution in [1.29, 1.82) is 0 Å². The second-order valence-electron chi connectivity index (χ2n) is 22.0. The van der Waals surface area contributed by atoms with Gasteiger partial charge in [-0.3, -0.25) is 14.4 Å². The number of unbranched alkanes of at least 4 members (excludes halogenated alkanes) is 41. The summed E-state index contributed by atoms with van der Waals surface area (Å²) >= 11 is 0. The first kappa shape index (κ1) is 71.4. The van der Waals surface area contributed by atoms with Crippen molar-refractivity contribution in [2.45, 2.75) is 354 Å². The van der Waals surface area contributed by atoms with Crippen LogP contribution in [0.5, 0.6) is 0 Å². The molecule has 0 spiro atoms. The van der Waals surface area contributed by atoms with E-state index in [0.29, 0.717) is 19.3 Å². The summed E-state index contributed by atoms with van der Waals surface area (Å²) in [5, 5.41) is 0. The molecule has 74 heavy (non-hydrogen) atoms. The molecule has 6 nitrogen and oxygen atoms in total. The van der Waals surface area contributed by atoms with E-state index in [-0.39, 0.29) is 31.1 Å². The summed E-state index contributed by atoms with van der Waals surface area (Å²) in [5.74, 6) is -0.869. The molecule has 0 aromatic carbocycles. The summed E-state index contributed by atoms with van der Waals surface area (Å²) in [6.07, 6.45) is 78.7. The Labute approximate surface area is 460 Å². The lowest BCUT2D eigenvalue weighted by Gasteiger charge is -2.18. The van der Waals surface area contributed by atoms with Crippen LogP contribution in [-0.2, 0) is 28.6 Å². The second-order valence-corrected chi connectivity index (χ2v) is 22.0. The van der Waals surface area contributed by atoms with E-state index in [2.05, 4.69) is 69.4 Å². The Balaban J connectivity index is 4.02. The third-order valence-corrected chi connectivity index (χ3v) is 14.6. The van der Waals surface area contributed by atoms with Crippen molar-refractivity contribution < 1.29 is 28.6 Å². The molecule has 1 atom stereocenters. The third kappa shape index (κ3) is 60.2. The van der Waals surface area contributed by atoms with E-state index < -0.39 is 6.10 Å². The van der Waals surface area contributed by atoms with Gasteiger partial charge < -0.3 is 14.2 Å². The lowest BCUT2D eigenvalue weighted by atomic mass is 10.0. The van der Waals surface area contributed by atoms with E-state index >= 15 is 0 Å². The molecule has 0 amide bonds. The molecule has 1 unspecified atom stereocenters. The highest BCUT2D eigenvalue weighted by molar-refractivity contribution is 5.71. The van der Waals surface area contributed by atoms with Gasteiger partial charge in [-0.05, 0) is 83.5 Å². The molecule has 0 aliphatic heterocycles. The van der Waals surface area contributed by atoms with Gasteiger partial charge in [0.1, 0.15) is 13.2 Å². The van der Waals surface area contributed by atoms with Gasteiger partial charge in [-0.15, -0.1) is 0 Å². The lowest BCUT2D eigenvalue weighted by Crippen LogP contribution is -2.30. The average molecular weight is 1040 g/mol. The molecule has 0 rings (SSSR count). The zero-order chi connectivity index (χ0) is 53.6. The molecule has 0 bridgehead atoms. The van der Waals surface area contributed by atoms with Gasteiger partial charge in [0.05, 0.1) is 0 Å². The zero-order valence-corrected chi connectivity index (χ0v) is 49.6. The number of hydrogen-bond acceptors (Lipinski definition) is 6. The van der Waals surface area contributed by atoms with Crippen LogP contribution in [0.4, 0.5) is 0 Å². The van der Waals surface area contributed by atoms with Gasteiger partial charge in [0.15, 0.2) is 6.10 Å². The van der Waals surface area contributed by atoms with Crippen LogP contribution in [0.15, 0.2) is 48.6 Å². The summed E-state index contributed by atoms with van der Waals surface area (Å²) < 4.78 is 16.8. The largest absolute Gasteiger partial charge is 0.462 e. The molecule has 0 heterocycles. The van der Waals surface area contributed by atoms with Crippen molar-refractivity contribution in [3.8, 4) is 0 Å². The number of rotatable bonds is 60. The molecule has 0 saturated carbocycles. The Morgan fingerprint density at radius 2 is 0.486 bits per heavy atom. The van der Waals surface area contributed by atoms with Crippen LogP contribution in [0.1, 0.15) is 348 Å². The summed E-state index contributed by atoms with van der Waals surface area (Å²) in [4.78, 5) is 38.0. The van der Waals surface area contributed by atoms with Gasteiger partial charge in [0, 0.05) is 19.3 Å². The van der Waals surface area contributed by atoms with Crippen LogP contribution in [-0.4, -0.2) is 37.2 Å². The predicted octanol–water partition coefficient (Wildman–Crippen LogP) is 22.2. The fraction of sp³-hybridized carbons (Fsp3) is 0.838. The average Bonchev–Trinajstić information content (AvgIpc) is 3.40. The molecule has 0 aromatic rings. The van der Waals surface area contributed by atoms with Crippen molar-refractivity contribution in [2.75, 3.05) is 13.2 Å². The lowest BCUT2D eigenvalue weighted by molar-refractivity contribution is -0.167. The van der Waals surface area contributed by atoms with Crippen molar-refractivity contribution in [3.05, 3.63) is 48.6 Å². The molecule has 0 N–H and O–H groups in total. The van der Waals surface area contributed by atoms with E-state index in [1.807, 2.05) is 0 Å². The fourth-order valence-electron chi connectivity index (χ4n) is 9.62. The molecular weight excluding hydrogens is 913 g/mol. The topological polar surface area (TPSA) is 78.9 Å². The van der Waals surface area contributed by atoms with E-state index in [0.717, 1.165) is 77.0 Å². The Bertz CT molecular complexity index is 1280. The van der Waals surface area contributed by atoms with Crippen molar-refractivity contribution in [1.82, 2.24) is 0 Å². The van der Waals surface area contributed by atoms with Crippen LogP contribution >= 0.6 is 0 Å². The van der Waals surface area contributed by atoms with Gasteiger partial charge in [-0.2, -0.15) is 0 Å². The molecule has 0 aliphatic rings. The van der Waals surface area contributed by atoms with E-state index in [9.17, 15) is 14.4 Å². The molecule has 0 saturated heterocycles. The second kappa shape index (κ2) is 62.9. The number of hydrogen-bond donors (Lipinski definition) is 0. The van der Waals surface area contributed by atoms with Crippen molar-refractivity contribution in [3.63, 3.8) is 0 Å².